The molecule has 0 aliphatic carbocycles. The molecule has 1 aromatic heterocycles. The third kappa shape index (κ3) is 3.49. The van der Waals surface area contributed by atoms with Crippen molar-refractivity contribution in [1.29, 1.82) is 0 Å². The van der Waals surface area contributed by atoms with E-state index >= 15 is 0 Å². The number of nitrogens with one attached hydrogen (secondary N) is 1. The summed E-state index contributed by atoms with van der Waals surface area (Å²) in [6.45, 7) is 3.08. The van der Waals surface area contributed by atoms with Gasteiger partial charge in [-0.25, -0.2) is 4.98 Å². The number of nitrogens with zero attached hydrogens (tertiary/aromatic N) is 2. The molecule has 1 amide bonds. The SMILES string of the molecule is CNc1ncc(Br)cc1C(=O)N1CCCC(C)(O)CC1. The van der Waals surface area contributed by atoms with Crippen molar-refractivity contribution in [2.75, 3.05) is 25.5 Å². The summed E-state index contributed by atoms with van der Waals surface area (Å²) < 4.78 is 0.779. The van der Waals surface area contributed by atoms with Gasteiger partial charge in [0, 0.05) is 30.8 Å². The van der Waals surface area contributed by atoms with Gasteiger partial charge in [0.25, 0.3) is 5.91 Å². The third-order valence-corrected chi connectivity index (χ3v) is 4.11. The Morgan fingerprint density at radius 2 is 2.25 bits per heavy atom. The number of hydrogen-bond acceptors (Lipinski definition) is 4. The minimum Gasteiger partial charge on any atom is -0.390 e. The highest BCUT2D eigenvalue weighted by Crippen LogP contribution is 2.24. The van der Waals surface area contributed by atoms with Crippen molar-refractivity contribution in [2.24, 2.45) is 0 Å². The molecule has 1 saturated heterocycles. The Bertz CT molecular complexity index is 505. The van der Waals surface area contributed by atoms with Crippen LogP contribution in [-0.2, 0) is 0 Å². The fourth-order valence-corrected chi connectivity index (χ4v) is 2.77. The minimum atomic E-state index is -0.670. The van der Waals surface area contributed by atoms with Gasteiger partial charge in [-0.1, -0.05) is 0 Å². The van der Waals surface area contributed by atoms with Crippen molar-refractivity contribution < 1.29 is 9.90 Å². The zero-order valence-corrected chi connectivity index (χ0v) is 13.4. The Hall–Kier alpha value is -1.14. The van der Waals surface area contributed by atoms with Gasteiger partial charge in [-0.05, 0) is 48.2 Å². The first-order chi connectivity index (χ1) is 9.43. The largest absolute Gasteiger partial charge is 0.390 e. The van der Waals surface area contributed by atoms with E-state index in [-0.39, 0.29) is 5.91 Å². The van der Waals surface area contributed by atoms with E-state index < -0.39 is 5.60 Å². The summed E-state index contributed by atoms with van der Waals surface area (Å²) >= 11 is 3.35. The van der Waals surface area contributed by atoms with Crippen LogP contribution in [0, 0.1) is 0 Å². The minimum absolute atomic E-state index is 0.0409. The van der Waals surface area contributed by atoms with E-state index in [1.807, 2.05) is 6.92 Å². The molecule has 1 unspecified atom stereocenters. The van der Waals surface area contributed by atoms with Gasteiger partial charge in [0.2, 0.25) is 0 Å². The van der Waals surface area contributed by atoms with Gasteiger partial charge in [-0.15, -0.1) is 0 Å². The fourth-order valence-electron chi connectivity index (χ4n) is 2.44. The molecule has 0 saturated carbocycles. The first-order valence-corrected chi connectivity index (χ1v) is 7.57. The maximum absolute atomic E-state index is 12.6. The molecule has 0 radical (unpaired) electrons. The van der Waals surface area contributed by atoms with E-state index in [1.165, 1.54) is 0 Å². The summed E-state index contributed by atoms with van der Waals surface area (Å²) in [6.07, 6.45) is 3.81. The average molecular weight is 342 g/mol. The standard InChI is InChI=1S/C14H20BrN3O2/c1-14(20)4-3-6-18(7-5-14)13(19)11-8-10(15)9-17-12(11)16-2/h8-9,20H,3-7H2,1-2H3,(H,16,17). The molecule has 2 rings (SSSR count). The maximum atomic E-state index is 12.6. The molecule has 2 heterocycles. The number of carbonyl (C=O) groups excluding carboxylic acids is 1. The lowest BCUT2D eigenvalue weighted by Gasteiger charge is -2.23. The van der Waals surface area contributed by atoms with Gasteiger partial charge in [-0.2, -0.15) is 0 Å². The molecule has 1 aromatic rings. The van der Waals surface area contributed by atoms with Crippen molar-refractivity contribution in [1.82, 2.24) is 9.88 Å². The van der Waals surface area contributed by atoms with Gasteiger partial charge in [0.05, 0.1) is 11.2 Å². The second-order valence-corrected chi connectivity index (χ2v) is 6.36. The summed E-state index contributed by atoms with van der Waals surface area (Å²) in [7, 11) is 1.75. The summed E-state index contributed by atoms with van der Waals surface area (Å²) in [5.74, 6) is 0.537. The second-order valence-electron chi connectivity index (χ2n) is 5.44. The number of pyridine rings is 1. The lowest BCUT2D eigenvalue weighted by atomic mass is 9.98. The highest BCUT2D eigenvalue weighted by Gasteiger charge is 2.28. The third-order valence-electron chi connectivity index (χ3n) is 3.67. The Labute approximate surface area is 127 Å². The number of rotatable bonds is 2. The predicted octanol–water partition coefficient (Wildman–Crippen LogP) is 2.26. The van der Waals surface area contributed by atoms with E-state index in [4.69, 9.17) is 0 Å². The first-order valence-electron chi connectivity index (χ1n) is 6.78. The highest BCUT2D eigenvalue weighted by molar-refractivity contribution is 9.10. The molecule has 0 aromatic carbocycles. The summed E-state index contributed by atoms with van der Waals surface area (Å²) in [5.41, 5.74) is -0.112. The van der Waals surface area contributed by atoms with Crippen LogP contribution in [0.2, 0.25) is 0 Å². The van der Waals surface area contributed by atoms with E-state index in [2.05, 4.69) is 26.2 Å². The van der Waals surface area contributed by atoms with Crippen molar-refractivity contribution >= 4 is 27.7 Å². The van der Waals surface area contributed by atoms with E-state index in [1.54, 1.807) is 24.2 Å². The van der Waals surface area contributed by atoms with Crippen LogP contribution in [-0.4, -0.2) is 46.6 Å². The number of carbonyl (C=O) groups is 1. The molecule has 5 nitrogen and oxygen atoms in total. The summed E-state index contributed by atoms with van der Waals surface area (Å²) in [4.78, 5) is 18.6. The van der Waals surface area contributed by atoms with Crippen LogP contribution in [0.4, 0.5) is 5.82 Å². The molecule has 1 aliphatic rings. The van der Waals surface area contributed by atoms with Crippen LogP contribution in [0.5, 0.6) is 0 Å². The van der Waals surface area contributed by atoms with Crippen molar-refractivity contribution in [3.05, 3.63) is 22.3 Å². The molecule has 0 bridgehead atoms. The highest BCUT2D eigenvalue weighted by atomic mass is 79.9. The van der Waals surface area contributed by atoms with Crippen LogP contribution in [0.15, 0.2) is 16.7 Å². The topological polar surface area (TPSA) is 65.5 Å². The summed E-state index contributed by atoms with van der Waals surface area (Å²) in [5, 5.41) is 13.0. The average Bonchev–Trinajstić information content (AvgIpc) is 2.59. The monoisotopic (exact) mass is 341 g/mol. The number of likely N-dealkylation sites (tertiary alicyclic amines) is 1. The Morgan fingerprint density at radius 3 is 2.95 bits per heavy atom. The lowest BCUT2D eigenvalue weighted by molar-refractivity contribution is 0.0438. The normalized spacial score (nSPS) is 23.3. The Kier molecular flexibility index (Phi) is 4.65. The molecule has 0 spiro atoms. The molecular formula is C14H20BrN3O2. The molecule has 1 fully saturated rings. The predicted molar refractivity (Wildman–Crippen MR) is 81.9 cm³/mol. The molecule has 2 N–H and O–H groups in total. The van der Waals surface area contributed by atoms with Gasteiger partial charge in [0.1, 0.15) is 5.82 Å². The lowest BCUT2D eigenvalue weighted by Crippen LogP contribution is -2.34. The number of halogens is 1. The van der Waals surface area contributed by atoms with Crippen molar-refractivity contribution in [2.45, 2.75) is 31.8 Å². The smallest absolute Gasteiger partial charge is 0.257 e. The zero-order chi connectivity index (χ0) is 14.8. The Balaban J connectivity index is 2.21. The number of aliphatic hydroxyl groups is 1. The van der Waals surface area contributed by atoms with Gasteiger partial charge in [0.15, 0.2) is 0 Å². The number of hydrogen-bond donors (Lipinski definition) is 2. The van der Waals surface area contributed by atoms with Crippen molar-refractivity contribution in [3.63, 3.8) is 0 Å². The molecule has 1 atom stereocenters. The summed E-state index contributed by atoms with van der Waals surface area (Å²) in [6, 6.07) is 1.78. The van der Waals surface area contributed by atoms with Gasteiger partial charge < -0.3 is 15.3 Å². The quantitative estimate of drug-likeness (QED) is 0.865. The maximum Gasteiger partial charge on any atom is 0.257 e. The van der Waals surface area contributed by atoms with E-state index in [0.717, 1.165) is 17.3 Å². The number of aromatic nitrogens is 1. The number of anilines is 1. The molecular weight excluding hydrogens is 322 g/mol. The van der Waals surface area contributed by atoms with Crippen LogP contribution >= 0.6 is 15.9 Å². The van der Waals surface area contributed by atoms with Gasteiger partial charge in [-0.3, -0.25) is 4.79 Å². The van der Waals surface area contributed by atoms with E-state index in [9.17, 15) is 9.90 Å². The molecule has 1 aliphatic heterocycles. The molecule has 20 heavy (non-hydrogen) atoms. The van der Waals surface area contributed by atoms with E-state index in [0.29, 0.717) is 30.9 Å². The first kappa shape index (κ1) is 15.3. The fraction of sp³-hybridized carbons (Fsp3) is 0.571. The van der Waals surface area contributed by atoms with Crippen molar-refractivity contribution in [3.8, 4) is 0 Å². The number of amides is 1. The second kappa shape index (κ2) is 6.10. The van der Waals surface area contributed by atoms with Crippen LogP contribution in [0.3, 0.4) is 0 Å². The molecule has 6 heteroatoms. The van der Waals surface area contributed by atoms with Gasteiger partial charge >= 0.3 is 0 Å². The van der Waals surface area contributed by atoms with Crippen LogP contribution in [0.1, 0.15) is 36.5 Å². The Morgan fingerprint density at radius 1 is 1.50 bits per heavy atom. The van der Waals surface area contributed by atoms with Crippen LogP contribution in [0.25, 0.3) is 0 Å². The zero-order valence-electron chi connectivity index (χ0n) is 11.8. The van der Waals surface area contributed by atoms with Crippen LogP contribution < -0.4 is 5.32 Å². The molecule has 110 valence electrons.